The Morgan fingerprint density at radius 2 is 2.11 bits per heavy atom. The van der Waals surface area contributed by atoms with Gasteiger partial charge in [-0.15, -0.1) is 0 Å². The van der Waals surface area contributed by atoms with Crippen molar-refractivity contribution in [3.05, 3.63) is 40.7 Å². The molecule has 5 nitrogen and oxygen atoms in total. The van der Waals surface area contributed by atoms with Crippen molar-refractivity contribution in [2.24, 2.45) is 0 Å². The summed E-state index contributed by atoms with van der Waals surface area (Å²) in [4.78, 5) is 26.8. The van der Waals surface area contributed by atoms with Crippen LogP contribution >= 0.6 is 0 Å². The van der Waals surface area contributed by atoms with Gasteiger partial charge in [-0.05, 0) is 17.5 Å². The lowest BCUT2D eigenvalue weighted by atomic mass is 10.2. The summed E-state index contributed by atoms with van der Waals surface area (Å²) in [6, 6.07) is 9.14. The first-order valence-electron chi connectivity index (χ1n) is 5.63. The molecule has 94 valence electrons. The normalized spacial score (nSPS) is 10.5. The minimum absolute atomic E-state index is 0.0331. The van der Waals surface area contributed by atoms with Gasteiger partial charge in [0.15, 0.2) is 0 Å². The summed E-state index contributed by atoms with van der Waals surface area (Å²) in [6.45, 7) is 0.351. The number of carboxylic acids is 1. The van der Waals surface area contributed by atoms with Crippen LogP contribution in [-0.4, -0.2) is 29.7 Å². The maximum atomic E-state index is 11.8. The molecule has 1 heterocycles. The summed E-state index contributed by atoms with van der Waals surface area (Å²) in [5, 5.41) is 10.1. The zero-order valence-corrected chi connectivity index (χ0v) is 10.0. The zero-order chi connectivity index (χ0) is 13.1. The number of carboxylic acid groups (broad SMARTS) is 1. The van der Waals surface area contributed by atoms with Crippen LogP contribution in [0, 0.1) is 0 Å². The largest absolute Gasteiger partial charge is 0.481 e. The van der Waals surface area contributed by atoms with Crippen molar-refractivity contribution in [2.45, 2.75) is 6.42 Å². The van der Waals surface area contributed by atoms with Crippen molar-refractivity contribution in [1.29, 1.82) is 0 Å². The number of anilines is 1. The number of aromatic amines is 1. The molecule has 0 atom stereocenters. The second kappa shape index (κ2) is 4.91. The second-order valence-corrected chi connectivity index (χ2v) is 4.14. The Morgan fingerprint density at radius 3 is 2.83 bits per heavy atom. The predicted octanol–water partition coefficient (Wildman–Crippen LogP) is 1.44. The highest BCUT2D eigenvalue weighted by Gasteiger charge is 2.07. The standard InChI is InChI=1S/C13H14N2O3/c1-15(7-6-12(16)17)11-8-9-4-2-3-5-10(9)13(18)14-11/h2-5,8H,6-7H2,1H3,(H,14,18)(H,16,17). The van der Waals surface area contributed by atoms with Crippen molar-refractivity contribution in [3.63, 3.8) is 0 Å². The fraction of sp³-hybridized carbons (Fsp3) is 0.231. The molecule has 0 unspecified atom stereocenters. The Labute approximate surface area is 104 Å². The molecule has 0 spiro atoms. The monoisotopic (exact) mass is 246 g/mol. The SMILES string of the molecule is CN(CCC(=O)O)c1cc2ccccc2c(=O)[nH]1. The van der Waals surface area contributed by atoms with E-state index in [1.165, 1.54) is 0 Å². The summed E-state index contributed by atoms with van der Waals surface area (Å²) < 4.78 is 0. The van der Waals surface area contributed by atoms with Crippen molar-refractivity contribution in [2.75, 3.05) is 18.5 Å². The number of aromatic nitrogens is 1. The van der Waals surface area contributed by atoms with Gasteiger partial charge in [-0.3, -0.25) is 9.59 Å². The highest BCUT2D eigenvalue weighted by molar-refractivity contribution is 5.83. The maximum Gasteiger partial charge on any atom is 0.305 e. The third-order valence-electron chi connectivity index (χ3n) is 2.81. The van der Waals surface area contributed by atoms with Crippen LogP contribution in [-0.2, 0) is 4.79 Å². The van der Waals surface area contributed by atoms with E-state index in [2.05, 4.69) is 4.98 Å². The van der Waals surface area contributed by atoms with Crippen LogP contribution in [0.15, 0.2) is 35.1 Å². The molecular weight excluding hydrogens is 232 g/mol. The molecule has 0 radical (unpaired) electrons. The number of H-pyrrole nitrogens is 1. The Hall–Kier alpha value is -2.30. The van der Waals surface area contributed by atoms with Gasteiger partial charge in [-0.2, -0.15) is 0 Å². The first-order valence-corrected chi connectivity index (χ1v) is 5.63. The lowest BCUT2D eigenvalue weighted by Gasteiger charge is -2.18. The van der Waals surface area contributed by atoms with Crippen LogP contribution in [0.1, 0.15) is 6.42 Å². The Kier molecular flexibility index (Phi) is 3.32. The van der Waals surface area contributed by atoms with E-state index in [0.29, 0.717) is 17.7 Å². The smallest absolute Gasteiger partial charge is 0.305 e. The predicted molar refractivity (Wildman–Crippen MR) is 70.1 cm³/mol. The van der Waals surface area contributed by atoms with Crippen molar-refractivity contribution in [1.82, 2.24) is 4.98 Å². The number of benzene rings is 1. The second-order valence-electron chi connectivity index (χ2n) is 4.14. The van der Waals surface area contributed by atoms with Gasteiger partial charge in [0, 0.05) is 19.0 Å². The van der Waals surface area contributed by atoms with Gasteiger partial charge < -0.3 is 15.0 Å². The number of aliphatic carboxylic acids is 1. The average Bonchev–Trinajstić information content (AvgIpc) is 2.36. The van der Waals surface area contributed by atoms with E-state index in [9.17, 15) is 9.59 Å². The first kappa shape index (κ1) is 12.2. The third kappa shape index (κ3) is 2.51. The van der Waals surface area contributed by atoms with Crippen LogP contribution in [0.2, 0.25) is 0 Å². The lowest BCUT2D eigenvalue weighted by Crippen LogP contribution is -2.24. The van der Waals surface area contributed by atoms with Crippen LogP contribution < -0.4 is 10.5 Å². The molecule has 0 amide bonds. The van der Waals surface area contributed by atoms with Gasteiger partial charge in [-0.1, -0.05) is 18.2 Å². The summed E-state index contributed by atoms with van der Waals surface area (Å²) in [7, 11) is 1.75. The van der Waals surface area contributed by atoms with Crippen molar-refractivity contribution in [3.8, 4) is 0 Å². The molecule has 1 aromatic carbocycles. The van der Waals surface area contributed by atoms with Crippen LogP contribution in [0.25, 0.3) is 10.8 Å². The lowest BCUT2D eigenvalue weighted by molar-refractivity contribution is -0.136. The third-order valence-corrected chi connectivity index (χ3v) is 2.81. The van der Waals surface area contributed by atoms with E-state index in [1.54, 1.807) is 18.0 Å². The van der Waals surface area contributed by atoms with Crippen LogP contribution in [0.3, 0.4) is 0 Å². The first-order chi connectivity index (χ1) is 8.58. The molecule has 0 aliphatic carbocycles. The molecule has 1 aromatic heterocycles. The van der Waals surface area contributed by atoms with Gasteiger partial charge in [-0.25, -0.2) is 0 Å². The van der Waals surface area contributed by atoms with E-state index >= 15 is 0 Å². The topological polar surface area (TPSA) is 73.4 Å². The summed E-state index contributed by atoms with van der Waals surface area (Å²) in [5.74, 6) is -0.232. The Morgan fingerprint density at radius 1 is 1.39 bits per heavy atom. The number of hydrogen-bond acceptors (Lipinski definition) is 3. The number of hydrogen-bond donors (Lipinski definition) is 2. The van der Waals surface area contributed by atoms with Crippen molar-refractivity contribution >= 4 is 22.6 Å². The van der Waals surface area contributed by atoms with Gasteiger partial charge in [0.25, 0.3) is 5.56 Å². The molecule has 5 heteroatoms. The van der Waals surface area contributed by atoms with Gasteiger partial charge in [0.2, 0.25) is 0 Å². The molecule has 18 heavy (non-hydrogen) atoms. The highest BCUT2D eigenvalue weighted by Crippen LogP contribution is 2.15. The highest BCUT2D eigenvalue weighted by atomic mass is 16.4. The van der Waals surface area contributed by atoms with E-state index in [4.69, 9.17) is 5.11 Å². The van der Waals surface area contributed by atoms with E-state index in [1.807, 2.05) is 24.3 Å². The number of nitrogens with zero attached hydrogens (tertiary/aromatic N) is 1. The number of fused-ring (bicyclic) bond motifs is 1. The van der Waals surface area contributed by atoms with E-state index in [-0.39, 0.29) is 12.0 Å². The number of nitrogens with one attached hydrogen (secondary N) is 1. The molecule has 0 aliphatic rings. The molecule has 0 fully saturated rings. The number of carbonyl (C=O) groups is 1. The van der Waals surface area contributed by atoms with Crippen LogP contribution in [0.5, 0.6) is 0 Å². The summed E-state index contributed by atoms with van der Waals surface area (Å²) in [5.41, 5.74) is -0.162. The molecule has 2 N–H and O–H groups in total. The van der Waals surface area contributed by atoms with Crippen molar-refractivity contribution < 1.29 is 9.90 Å². The average molecular weight is 246 g/mol. The van der Waals surface area contributed by atoms with Gasteiger partial charge in [0.1, 0.15) is 5.82 Å². The fourth-order valence-electron chi connectivity index (χ4n) is 1.79. The minimum Gasteiger partial charge on any atom is -0.481 e. The number of rotatable bonds is 4. The molecular formula is C13H14N2O3. The van der Waals surface area contributed by atoms with Gasteiger partial charge >= 0.3 is 5.97 Å². The van der Waals surface area contributed by atoms with E-state index in [0.717, 1.165) is 5.39 Å². The molecule has 0 bridgehead atoms. The minimum atomic E-state index is -0.856. The molecule has 0 saturated heterocycles. The zero-order valence-electron chi connectivity index (χ0n) is 10.0. The van der Waals surface area contributed by atoms with E-state index < -0.39 is 5.97 Å². The molecule has 0 saturated carbocycles. The molecule has 2 aromatic rings. The molecule has 0 aliphatic heterocycles. The quantitative estimate of drug-likeness (QED) is 0.856. The summed E-state index contributed by atoms with van der Waals surface area (Å²) >= 11 is 0. The maximum absolute atomic E-state index is 11.8. The Balaban J connectivity index is 2.34. The fourth-order valence-corrected chi connectivity index (χ4v) is 1.79. The van der Waals surface area contributed by atoms with Crippen LogP contribution in [0.4, 0.5) is 5.82 Å². The number of pyridine rings is 1. The van der Waals surface area contributed by atoms with Gasteiger partial charge in [0.05, 0.1) is 6.42 Å². The summed E-state index contributed by atoms with van der Waals surface area (Å²) in [6.07, 6.45) is 0.0331. The molecule has 2 rings (SSSR count). The Bertz CT molecular complexity index is 633.